The number of hydrogen-bond acceptors (Lipinski definition) is 3. The van der Waals surface area contributed by atoms with Gasteiger partial charge in [0.2, 0.25) is 0 Å². The number of rotatable bonds is 2. The molecule has 0 unspecified atom stereocenters. The lowest BCUT2D eigenvalue weighted by Crippen LogP contribution is -1.99. The highest BCUT2D eigenvalue weighted by Gasteiger charge is 2.18. The van der Waals surface area contributed by atoms with Gasteiger partial charge in [0.1, 0.15) is 0 Å². The molecule has 0 saturated carbocycles. The van der Waals surface area contributed by atoms with E-state index < -0.39 is 11.6 Å². The number of aliphatic imine (C=N–C) groups is 2. The standard InChI is InChI=1S/C16H11FN2O/c1-10-15(11-5-3-2-4-6-11)19-16(18-10)12-7-8-14(20)13(17)9-12/h2-9,20H,1H2. The molecule has 1 aliphatic heterocycles. The molecular weight excluding hydrogens is 255 g/mol. The van der Waals surface area contributed by atoms with Gasteiger partial charge in [-0.25, -0.2) is 14.4 Å². The number of nitrogens with zero attached hydrogens (tertiary/aromatic N) is 2. The molecule has 20 heavy (non-hydrogen) atoms. The predicted molar refractivity (Wildman–Crippen MR) is 76.7 cm³/mol. The highest BCUT2D eigenvalue weighted by atomic mass is 19.1. The summed E-state index contributed by atoms with van der Waals surface area (Å²) in [7, 11) is 0. The smallest absolute Gasteiger partial charge is 0.165 e. The van der Waals surface area contributed by atoms with Crippen molar-refractivity contribution < 1.29 is 9.50 Å². The van der Waals surface area contributed by atoms with Crippen molar-refractivity contribution in [2.24, 2.45) is 9.98 Å². The summed E-state index contributed by atoms with van der Waals surface area (Å²) in [5.74, 6) is -0.689. The molecule has 0 amide bonds. The predicted octanol–water partition coefficient (Wildman–Crippen LogP) is 3.29. The first-order valence-corrected chi connectivity index (χ1v) is 6.06. The van der Waals surface area contributed by atoms with E-state index in [0.29, 0.717) is 22.8 Å². The van der Waals surface area contributed by atoms with Gasteiger partial charge in [-0.15, -0.1) is 0 Å². The quantitative estimate of drug-likeness (QED) is 0.890. The summed E-state index contributed by atoms with van der Waals surface area (Å²) in [5.41, 5.74) is 2.64. The first kappa shape index (κ1) is 12.3. The Bertz CT molecular complexity index is 748. The van der Waals surface area contributed by atoms with Crippen LogP contribution in [-0.4, -0.2) is 16.7 Å². The van der Waals surface area contributed by atoms with Crippen molar-refractivity contribution in [2.45, 2.75) is 0 Å². The Balaban J connectivity index is 2.00. The molecular formula is C16H11FN2O. The molecule has 0 atom stereocenters. The van der Waals surface area contributed by atoms with Crippen molar-refractivity contribution in [1.82, 2.24) is 0 Å². The van der Waals surface area contributed by atoms with E-state index >= 15 is 0 Å². The SMILES string of the molecule is C=C1N=C(c2ccc(O)c(F)c2)N=C1c1ccccc1. The molecule has 3 nitrogen and oxygen atoms in total. The molecule has 2 aromatic rings. The summed E-state index contributed by atoms with van der Waals surface area (Å²) in [6.45, 7) is 3.87. The van der Waals surface area contributed by atoms with E-state index in [9.17, 15) is 9.50 Å². The molecule has 0 fully saturated rings. The minimum Gasteiger partial charge on any atom is -0.505 e. The van der Waals surface area contributed by atoms with E-state index in [4.69, 9.17) is 0 Å². The molecule has 0 radical (unpaired) electrons. The topological polar surface area (TPSA) is 45.0 Å². The fourth-order valence-electron chi connectivity index (χ4n) is 1.98. The Morgan fingerprint density at radius 3 is 2.40 bits per heavy atom. The third-order valence-corrected chi connectivity index (χ3v) is 2.99. The van der Waals surface area contributed by atoms with Crippen molar-refractivity contribution in [3.05, 3.63) is 77.8 Å². The maximum Gasteiger partial charge on any atom is 0.165 e. The van der Waals surface area contributed by atoms with Crippen LogP contribution in [-0.2, 0) is 0 Å². The lowest BCUT2D eigenvalue weighted by molar-refractivity contribution is 0.432. The van der Waals surface area contributed by atoms with E-state index in [1.54, 1.807) is 6.07 Å². The third-order valence-electron chi connectivity index (χ3n) is 2.99. The van der Waals surface area contributed by atoms with Gasteiger partial charge in [-0.2, -0.15) is 0 Å². The van der Waals surface area contributed by atoms with Crippen LogP contribution in [0.15, 0.2) is 70.8 Å². The highest BCUT2D eigenvalue weighted by molar-refractivity contribution is 6.24. The average Bonchev–Trinajstić information content (AvgIpc) is 2.85. The Hall–Kier alpha value is -2.75. The van der Waals surface area contributed by atoms with Gasteiger partial charge >= 0.3 is 0 Å². The molecule has 3 rings (SSSR count). The second-order valence-corrected chi connectivity index (χ2v) is 4.37. The van der Waals surface area contributed by atoms with Crippen LogP contribution in [0.1, 0.15) is 11.1 Å². The first-order chi connectivity index (χ1) is 9.65. The van der Waals surface area contributed by atoms with E-state index in [-0.39, 0.29) is 0 Å². The summed E-state index contributed by atoms with van der Waals surface area (Å²) in [6.07, 6.45) is 0. The molecule has 0 aliphatic carbocycles. The van der Waals surface area contributed by atoms with Crippen molar-refractivity contribution in [2.75, 3.05) is 0 Å². The maximum atomic E-state index is 13.4. The minimum absolute atomic E-state index is 0.390. The number of allylic oxidation sites excluding steroid dienone is 1. The van der Waals surface area contributed by atoms with Gasteiger partial charge < -0.3 is 5.11 Å². The van der Waals surface area contributed by atoms with Crippen LogP contribution in [0.25, 0.3) is 0 Å². The molecule has 0 bridgehead atoms. The molecule has 1 aliphatic rings. The van der Waals surface area contributed by atoms with Crippen LogP contribution < -0.4 is 0 Å². The zero-order valence-electron chi connectivity index (χ0n) is 10.5. The van der Waals surface area contributed by atoms with Gasteiger partial charge in [0.15, 0.2) is 17.4 Å². The second kappa shape index (κ2) is 4.74. The summed E-state index contributed by atoms with van der Waals surface area (Å²) < 4.78 is 13.4. The molecule has 0 spiro atoms. The van der Waals surface area contributed by atoms with Gasteiger partial charge in [0, 0.05) is 11.1 Å². The Kier molecular flexibility index (Phi) is 2.91. The van der Waals surface area contributed by atoms with E-state index in [0.717, 1.165) is 5.56 Å². The Morgan fingerprint density at radius 1 is 0.950 bits per heavy atom. The zero-order valence-corrected chi connectivity index (χ0v) is 10.5. The Labute approximate surface area is 115 Å². The first-order valence-electron chi connectivity index (χ1n) is 6.06. The van der Waals surface area contributed by atoms with Gasteiger partial charge in [0.05, 0.1) is 11.4 Å². The normalized spacial score (nSPS) is 14.2. The summed E-state index contributed by atoms with van der Waals surface area (Å²) in [6, 6.07) is 13.6. The van der Waals surface area contributed by atoms with E-state index in [1.165, 1.54) is 12.1 Å². The van der Waals surface area contributed by atoms with Crippen LogP contribution in [0.5, 0.6) is 5.75 Å². The monoisotopic (exact) mass is 266 g/mol. The number of benzene rings is 2. The van der Waals surface area contributed by atoms with Crippen LogP contribution >= 0.6 is 0 Å². The lowest BCUT2D eigenvalue weighted by Gasteiger charge is -2.00. The number of phenols is 1. The molecule has 1 N–H and O–H groups in total. The fourth-order valence-corrected chi connectivity index (χ4v) is 1.98. The van der Waals surface area contributed by atoms with Crippen molar-refractivity contribution in [1.29, 1.82) is 0 Å². The zero-order chi connectivity index (χ0) is 14.1. The Morgan fingerprint density at radius 2 is 1.70 bits per heavy atom. The highest BCUT2D eigenvalue weighted by Crippen LogP contribution is 2.22. The number of amidine groups is 1. The molecule has 2 aromatic carbocycles. The van der Waals surface area contributed by atoms with Gasteiger partial charge in [-0.3, -0.25) is 0 Å². The van der Waals surface area contributed by atoms with Crippen molar-refractivity contribution >= 4 is 11.5 Å². The molecule has 0 aromatic heterocycles. The minimum atomic E-state index is -0.695. The molecule has 98 valence electrons. The van der Waals surface area contributed by atoms with Crippen LogP contribution in [0.3, 0.4) is 0 Å². The number of aromatic hydroxyl groups is 1. The number of phenolic OH excluding ortho intramolecular Hbond substituents is 1. The van der Waals surface area contributed by atoms with Gasteiger partial charge in [-0.1, -0.05) is 36.9 Å². The third kappa shape index (κ3) is 2.12. The van der Waals surface area contributed by atoms with E-state index in [2.05, 4.69) is 16.6 Å². The maximum absolute atomic E-state index is 13.4. The van der Waals surface area contributed by atoms with Crippen LogP contribution in [0.2, 0.25) is 0 Å². The summed E-state index contributed by atoms with van der Waals surface area (Å²) in [5, 5.41) is 9.20. The molecule has 0 saturated heterocycles. The number of hydrogen-bond donors (Lipinski definition) is 1. The lowest BCUT2D eigenvalue weighted by atomic mass is 10.1. The van der Waals surface area contributed by atoms with Gasteiger partial charge in [-0.05, 0) is 18.2 Å². The summed E-state index contributed by atoms with van der Waals surface area (Å²) >= 11 is 0. The summed E-state index contributed by atoms with van der Waals surface area (Å²) in [4.78, 5) is 8.66. The largest absolute Gasteiger partial charge is 0.505 e. The van der Waals surface area contributed by atoms with Crippen molar-refractivity contribution in [3.8, 4) is 5.75 Å². The number of halogens is 1. The second-order valence-electron chi connectivity index (χ2n) is 4.37. The molecule has 1 heterocycles. The van der Waals surface area contributed by atoms with Gasteiger partial charge in [0.25, 0.3) is 0 Å². The van der Waals surface area contributed by atoms with Crippen molar-refractivity contribution in [3.63, 3.8) is 0 Å². The van der Waals surface area contributed by atoms with E-state index in [1.807, 2.05) is 30.3 Å². The molecule has 4 heteroatoms. The fraction of sp³-hybridized carbons (Fsp3) is 0. The van der Waals surface area contributed by atoms with Crippen LogP contribution in [0, 0.1) is 5.82 Å². The average molecular weight is 266 g/mol. The van der Waals surface area contributed by atoms with Crippen LogP contribution in [0.4, 0.5) is 4.39 Å².